The average Bonchev–Trinajstić information content (AvgIpc) is 2.81. The second-order valence-electron chi connectivity index (χ2n) is 9.38. The van der Waals surface area contributed by atoms with Gasteiger partial charge in [0.25, 0.3) is 5.91 Å². The molecule has 0 saturated heterocycles. The highest BCUT2D eigenvalue weighted by Gasteiger charge is 2.15. The number of benzene rings is 2. The Hall–Kier alpha value is -3.51. The van der Waals surface area contributed by atoms with E-state index in [0.717, 1.165) is 57.9 Å². The van der Waals surface area contributed by atoms with Gasteiger partial charge >= 0.3 is 0 Å². The van der Waals surface area contributed by atoms with Gasteiger partial charge in [-0.25, -0.2) is 4.98 Å². The third-order valence-electron chi connectivity index (χ3n) is 6.43. The van der Waals surface area contributed by atoms with Crippen LogP contribution in [0.25, 0.3) is 21.8 Å². The highest BCUT2D eigenvalue weighted by molar-refractivity contribution is 6.09. The lowest BCUT2D eigenvalue weighted by Crippen LogP contribution is -2.33. The number of nitrogens with zero attached hydrogens (tertiary/aromatic N) is 4. The zero-order valence-electron chi connectivity index (χ0n) is 20.7. The van der Waals surface area contributed by atoms with Crippen LogP contribution in [0.3, 0.4) is 0 Å². The first-order valence-corrected chi connectivity index (χ1v) is 11.7. The Labute approximate surface area is 201 Å². The number of nitrogen functional groups attached to an aromatic ring is 1. The molecule has 0 atom stereocenters. The van der Waals surface area contributed by atoms with Gasteiger partial charge in [0, 0.05) is 42.7 Å². The van der Waals surface area contributed by atoms with E-state index in [1.165, 1.54) is 11.1 Å². The summed E-state index contributed by atoms with van der Waals surface area (Å²) in [6, 6.07) is 14.4. The number of aryl methyl sites for hydroxylation is 4. The van der Waals surface area contributed by atoms with Crippen LogP contribution in [0.15, 0.2) is 48.7 Å². The van der Waals surface area contributed by atoms with Gasteiger partial charge in [0.15, 0.2) is 5.82 Å². The first-order chi connectivity index (χ1) is 16.2. The molecule has 4 rings (SSSR count). The van der Waals surface area contributed by atoms with E-state index in [-0.39, 0.29) is 5.91 Å². The van der Waals surface area contributed by atoms with Crippen LogP contribution in [0.1, 0.15) is 32.6 Å². The summed E-state index contributed by atoms with van der Waals surface area (Å²) in [5, 5.41) is 2.16. The minimum Gasteiger partial charge on any atom is -0.382 e. The lowest BCUT2D eigenvalue weighted by atomic mass is 9.95. The van der Waals surface area contributed by atoms with Crippen molar-refractivity contribution in [2.45, 2.75) is 26.7 Å². The maximum Gasteiger partial charge on any atom is 0.253 e. The molecule has 0 radical (unpaired) electrons. The van der Waals surface area contributed by atoms with Crippen LogP contribution in [0.2, 0.25) is 0 Å². The summed E-state index contributed by atoms with van der Waals surface area (Å²) >= 11 is 0. The van der Waals surface area contributed by atoms with Gasteiger partial charge in [-0.15, -0.1) is 0 Å². The van der Waals surface area contributed by atoms with Gasteiger partial charge in [-0.3, -0.25) is 9.78 Å². The molecule has 2 N–H and O–H groups in total. The number of pyridine rings is 2. The highest BCUT2D eigenvalue weighted by Crippen LogP contribution is 2.30. The molecule has 2 heterocycles. The quantitative estimate of drug-likeness (QED) is 0.418. The van der Waals surface area contributed by atoms with Gasteiger partial charge in [0.05, 0.1) is 5.52 Å². The molecular formula is C28H33N5O. The summed E-state index contributed by atoms with van der Waals surface area (Å²) in [5.41, 5.74) is 13.4. The van der Waals surface area contributed by atoms with Crippen molar-refractivity contribution < 1.29 is 4.79 Å². The second-order valence-corrected chi connectivity index (χ2v) is 9.38. The Morgan fingerprint density at radius 1 is 0.941 bits per heavy atom. The van der Waals surface area contributed by atoms with Crippen LogP contribution >= 0.6 is 0 Å². The number of carbonyl (C=O) groups excluding carboxylic acids is 1. The predicted molar refractivity (Wildman–Crippen MR) is 140 cm³/mol. The standard InChI is InChI=1S/C28H33N5O/c1-18-6-11-23-24(16-18)31-27(29)26-25(23)21(12-13-30-26)9-7-20-8-10-22(17-19(20)2)28(34)33(5)15-14-32(3)4/h6,8,10-13,16-17H,7,9,14-15H2,1-5H3,(H2,29,31). The minimum atomic E-state index is 0.0568. The minimum absolute atomic E-state index is 0.0568. The first-order valence-electron chi connectivity index (χ1n) is 11.7. The smallest absolute Gasteiger partial charge is 0.253 e. The molecule has 0 fully saturated rings. The number of hydrogen-bond acceptors (Lipinski definition) is 5. The van der Waals surface area contributed by atoms with Crippen LogP contribution in [0, 0.1) is 13.8 Å². The van der Waals surface area contributed by atoms with Crippen molar-refractivity contribution in [2.75, 3.05) is 40.0 Å². The number of rotatable bonds is 7. The van der Waals surface area contributed by atoms with E-state index in [2.05, 4.69) is 59.0 Å². The number of aromatic nitrogens is 2. The largest absolute Gasteiger partial charge is 0.382 e. The highest BCUT2D eigenvalue weighted by atomic mass is 16.2. The molecule has 6 nitrogen and oxygen atoms in total. The number of hydrogen-bond donors (Lipinski definition) is 1. The van der Waals surface area contributed by atoms with E-state index >= 15 is 0 Å². The van der Waals surface area contributed by atoms with E-state index in [0.29, 0.717) is 12.4 Å². The maximum absolute atomic E-state index is 12.8. The van der Waals surface area contributed by atoms with Crippen molar-refractivity contribution in [1.29, 1.82) is 0 Å². The van der Waals surface area contributed by atoms with Crippen molar-refractivity contribution >= 4 is 33.5 Å². The summed E-state index contributed by atoms with van der Waals surface area (Å²) < 4.78 is 0. The van der Waals surface area contributed by atoms with Gasteiger partial charge in [0.1, 0.15) is 5.52 Å². The van der Waals surface area contributed by atoms with E-state index in [4.69, 9.17) is 5.73 Å². The summed E-state index contributed by atoms with van der Waals surface area (Å²) in [6.45, 7) is 5.68. The number of fused-ring (bicyclic) bond motifs is 3. The topological polar surface area (TPSA) is 75.3 Å². The Morgan fingerprint density at radius 3 is 2.44 bits per heavy atom. The van der Waals surface area contributed by atoms with Crippen molar-refractivity contribution in [2.24, 2.45) is 0 Å². The van der Waals surface area contributed by atoms with Crippen LogP contribution in [-0.4, -0.2) is 59.9 Å². The Balaban J connectivity index is 1.59. The molecule has 176 valence electrons. The predicted octanol–water partition coefficient (Wildman–Crippen LogP) is 4.40. The molecule has 0 saturated carbocycles. The fourth-order valence-corrected chi connectivity index (χ4v) is 4.38. The first kappa shape index (κ1) is 23.6. The lowest BCUT2D eigenvalue weighted by molar-refractivity contribution is 0.0786. The molecule has 0 spiro atoms. The summed E-state index contributed by atoms with van der Waals surface area (Å²) in [4.78, 5) is 25.8. The molecule has 0 aliphatic carbocycles. The number of amides is 1. The molecule has 6 heteroatoms. The van der Waals surface area contributed by atoms with Crippen molar-refractivity contribution in [3.8, 4) is 0 Å². The van der Waals surface area contributed by atoms with Gasteiger partial charge in [0.2, 0.25) is 0 Å². The van der Waals surface area contributed by atoms with Crippen molar-refractivity contribution in [3.05, 3.63) is 76.5 Å². The average molecular weight is 456 g/mol. The molecule has 0 aliphatic heterocycles. The van der Waals surface area contributed by atoms with E-state index in [9.17, 15) is 4.79 Å². The van der Waals surface area contributed by atoms with E-state index in [1.807, 2.05) is 39.5 Å². The third kappa shape index (κ3) is 4.87. The Bertz CT molecular complexity index is 1360. The molecular weight excluding hydrogens is 422 g/mol. The molecule has 2 aromatic heterocycles. The van der Waals surface area contributed by atoms with Crippen LogP contribution in [0.5, 0.6) is 0 Å². The van der Waals surface area contributed by atoms with Crippen molar-refractivity contribution in [1.82, 2.24) is 19.8 Å². The fourth-order valence-electron chi connectivity index (χ4n) is 4.38. The van der Waals surface area contributed by atoms with Gasteiger partial charge in [-0.05, 0) is 87.3 Å². The molecule has 0 aliphatic rings. The number of anilines is 1. The fraction of sp³-hybridized carbons (Fsp3) is 0.321. The lowest BCUT2D eigenvalue weighted by Gasteiger charge is -2.20. The SMILES string of the molecule is Cc1ccc2c(c1)nc(N)c1nccc(CCc3ccc(C(=O)N(C)CCN(C)C)cc3C)c12. The van der Waals surface area contributed by atoms with Gasteiger partial charge in [-0.2, -0.15) is 0 Å². The second kappa shape index (κ2) is 9.77. The van der Waals surface area contributed by atoms with Crippen LogP contribution in [-0.2, 0) is 12.8 Å². The number of likely N-dealkylation sites (N-methyl/N-ethyl adjacent to an activating group) is 2. The zero-order valence-corrected chi connectivity index (χ0v) is 20.7. The van der Waals surface area contributed by atoms with Crippen LogP contribution < -0.4 is 5.73 Å². The number of carbonyl (C=O) groups is 1. The maximum atomic E-state index is 12.8. The van der Waals surface area contributed by atoms with Crippen LogP contribution in [0.4, 0.5) is 5.82 Å². The molecule has 0 bridgehead atoms. The Morgan fingerprint density at radius 2 is 1.71 bits per heavy atom. The zero-order chi connectivity index (χ0) is 24.4. The summed E-state index contributed by atoms with van der Waals surface area (Å²) in [5.74, 6) is 0.522. The van der Waals surface area contributed by atoms with Gasteiger partial charge < -0.3 is 15.5 Å². The normalized spacial score (nSPS) is 11.5. The summed E-state index contributed by atoms with van der Waals surface area (Å²) in [7, 11) is 5.88. The summed E-state index contributed by atoms with van der Waals surface area (Å²) in [6.07, 6.45) is 3.53. The molecule has 2 aromatic carbocycles. The van der Waals surface area contributed by atoms with Crippen molar-refractivity contribution in [3.63, 3.8) is 0 Å². The molecule has 1 amide bonds. The molecule has 4 aromatic rings. The Kier molecular flexibility index (Phi) is 6.80. The third-order valence-corrected chi connectivity index (χ3v) is 6.43. The monoisotopic (exact) mass is 455 g/mol. The van der Waals surface area contributed by atoms with E-state index in [1.54, 1.807) is 4.90 Å². The van der Waals surface area contributed by atoms with Gasteiger partial charge in [-0.1, -0.05) is 18.2 Å². The van der Waals surface area contributed by atoms with E-state index < -0.39 is 0 Å². The molecule has 34 heavy (non-hydrogen) atoms. The number of nitrogens with two attached hydrogens (primary N) is 1. The molecule has 0 unspecified atom stereocenters.